The van der Waals surface area contributed by atoms with Gasteiger partial charge in [-0.15, -0.1) is 0 Å². The van der Waals surface area contributed by atoms with Crippen LogP contribution in [-0.2, 0) is 0 Å². The number of aliphatic imine (C=N–C) groups is 1. The van der Waals surface area contributed by atoms with Gasteiger partial charge >= 0.3 is 0 Å². The summed E-state index contributed by atoms with van der Waals surface area (Å²) in [6.07, 6.45) is 2.86. The third kappa shape index (κ3) is 3.81. The molecule has 0 aromatic rings. The van der Waals surface area contributed by atoms with Gasteiger partial charge in [-0.2, -0.15) is 0 Å². The molecule has 0 saturated heterocycles. The highest BCUT2D eigenvalue weighted by Crippen LogP contribution is 2.05. The second-order valence-corrected chi connectivity index (χ2v) is 3.01. The lowest BCUT2D eigenvalue weighted by Gasteiger charge is -2.07. The van der Waals surface area contributed by atoms with Gasteiger partial charge in [0.1, 0.15) is 0 Å². The van der Waals surface area contributed by atoms with E-state index in [4.69, 9.17) is 5.73 Å². The zero-order chi connectivity index (χ0) is 8.85. The molecule has 0 bridgehead atoms. The molecule has 2 heteroatoms. The second kappa shape index (κ2) is 4.94. The zero-order valence-electron chi connectivity index (χ0n) is 7.89. The first kappa shape index (κ1) is 10.2. The highest BCUT2D eigenvalue weighted by atomic mass is 14.7. The van der Waals surface area contributed by atoms with Crippen molar-refractivity contribution < 1.29 is 0 Å². The molecule has 0 atom stereocenters. The zero-order valence-corrected chi connectivity index (χ0v) is 7.89. The van der Waals surface area contributed by atoms with Crippen LogP contribution in [0, 0.1) is 5.92 Å². The van der Waals surface area contributed by atoms with Crippen molar-refractivity contribution in [3.63, 3.8) is 0 Å². The van der Waals surface area contributed by atoms with Crippen LogP contribution in [0.5, 0.6) is 0 Å². The monoisotopic (exact) mass is 154 g/mol. The fourth-order valence-corrected chi connectivity index (χ4v) is 0.892. The molecule has 0 fully saturated rings. The van der Waals surface area contributed by atoms with Crippen LogP contribution < -0.4 is 5.73 Å². The predicted octanol–water partition coefficient (Wildman–Crippen LogP) is 1.97. The van der Waals surface area contributed by atoms with Gasteiger partial charge in [0.2, 0.25) is 0 Å². The van der Waals surface area contributed by atoms with Crippen LogP contribution in [0.15, 0.2) is 16.8 Å². The van der Waals surface area contributed by atoms with Gasteiger partial charge in [0, 0.05) is 12.7 Å². The molecule has 0 aliphatic carbocycles. The first-order chi connectivity index (χ1) is 5.11. The molecule has 11 heavy (non-hydrogen) atoms. The Kier molecular flexibility index (Phi) is 4.59. The van der Waals surface area contributed by atoms with E-state index >= 15 is 0 Å². The lowest BCUT2D eigenvalue weighted by atomic mass is 10.0. The van der Waals surface area contributed by atoms with Gasteiger partial charge in [0.15, 0.2) is 0 Å². The number of hydrogen-bond acceptors (Lipinski definition) is 2. The normalized spacial score (nSPS) is 14.3. The van der Waals surface area contributed by atoms with Gasteiger partial charge in [-0.3, -0.25) is 4.99 Å². The highest BCUT2D eigenvalue weighted by Gasteiger charge is 2.03. The molecule has 0 aromatic carbocycles. The van der Waals surface area contributed by atoms with Gasteiger partial charge in [0.05, 0.1) is 5.71 Å². The predicted molar refractivity (Wildman–Crippen MR) is 50.8 cm³/mol. The van der Waals surface area contributed by atoms with Crippen LogP contribution in [0.3, 0.4) is 0 Å². The molecular weight excluding hydrogens is 136 g/mol. The van der Waals surface area contributed by atoms with E-state index in [2.05, 4.69) is 18.8 Å². The number of rotatable bonds is 3. The summed E-state index contributed by atoms with van der Waals surface area (Å²) in [5, 5.41) is 0. The SMILES string of the molecule is C/C=C(N)\C(CC(C)C)=N/C. The minimum absolute atomic E-state index is 0.618. The van der Waals surface area contributed by atoms with Crippen LogP contribution >= 0.6 is 0 Å². The van der Waals surface area contributed by atoms with Crippen LogP contribution in [0.4, 0.5) is 0 Å². The molecule has 0 aromatic heterocycles. The third-order valence-corrected chi connectivity index (χ3v) is 1.52. The van der Waals surface area contributed by atoms with Crippen molar-refractivity contribution in [2.45, 2.75) is 27.2 Å². The van der Waals surface area contributed by atoms with E-state index in [0.717, 1.165) is 17.8 Å². The summed E-state index contributed by atoms with van der Waals surface area (Å²) in [5.41, 5.74) is 7.53. The molecule has 0 spiro atoms. The van der Waals surface area contributed by atoms with Crippen molar-refractivity contribution in [2.24, 2.45) is 16.6 Å². The molecule has 0 amide bonds. The average molecular weight is 154 g/mol. The largest absolute Gasteiger partial charge is 0.398 e. The Balaban J connectivity index is 4.21. The molecule has 2 N–H and O–H groups in total. The first-order valence-corrected chi connectivity index (χ1v) is 3.99. The summed E-state index contributed by atoms with van der Waals surface area (Å²) in [7, 11) is 1.79. The Morgan fingerprint density at radius 2 is 2.09 bits per heavy atom. The molecule has 0 radical (unpaired) electrons. The Hall–Kier alpha value is -0.790. The molecule has 0 unspecified atom stereocenters. The lowest BCUT2D eigenvalue weighted by molar-refractivity contribution is 0.682. The topological polar surface area (TPSA) is 38.4 Å². The summed E-state index contributed by atoms with van der Waals surface area (Å²) in [6.45, 7) is 6.25. The maximum absolute atomic E-state index is 5.71. The van der Waals surface area contributed by atoms with Crippen LogP contribution in [0.1, 0.15) is 27.2 Å². The molecule has 0 rings (SSSR count). The van der Waals surface area contributed by atoms with Gasteiger partial charge in [-0.05, 0) is 19.3 Å². The molecule has 64 valence electrons. The van der Waals surface area contributed by atoms with Gasteiger partial charge in [-0.25, -0.2) is 0 Å². The number of nitrogens with two attached hydrogens (primary N) is 1. The summed E-state index contributed by atoms with van der Waals surface area (Å²) in [4.78, 5) is 4.12. The summed E-state index contributed by atoms with van der Waals surface area (Å²) in [5.74, 6) is 0.618. The maximum atomic E-state index is 5.71. The van der Waals surface area contributed by atoms with Crippen LogP contribution in [0.25, 0.3) is 0 Å². The third-order valence-electron chi connectivity index (χ3n) is 1.52. The van der Waals surface area contributed by atoms with E-state index in [1.165, 1.54) is 0 Å². The van der Waals surface area contributed by atoms with Crippen molar-refractivity contribution in [2.75, 3.05) is 7.05 Å². The fourth-order valence-electron chi connectivity index (χ4n) is 0.892. The van der Waals surface area contributed by atoms with Crippen LogP contribution in [-0.4, -0.2) is 12.8 Å². The standard InChI is InChI=1S/C9H18N2/c1-5-8(10)9(11-4)6-7(2)3/h5,7H,6,10H2,1-4H3/b8-5+,11-9-. The van der Waals surface area contributed by atoms with Crippen molar-refractivity contribution in [1.29, 1.82) is 0 Å². The quantitative estimate of drug-likeness (QED) is 0.620. The molecule has 0 aliphatic rings. The van der Waals surface area contributed by atoms with E-state index < -0.39 is 0 Å². The van der Waals surface area contributed by atoms with Crippen molar-refractivity contribution >= 4 is 5.71 Å². The first-order valence-electron chi connectivity index (χ1n) is 3.99. The molecule has 0 aliphatic heterocycles. The number of hydrogen-bond donors (Lipinski definition) is 1. The van der Waals surface area contributed by atoms with Crippen molar-refractivity contribution in [1.82, 2.24) is 0 Å². The second-order valence-electron chi connectivity index (χ2n) is 3.01. The Labute approximate surface area is 69.2 Å². The molecule has 0 saturated carbocycles. The van der Waals surface area contributed by atoms with Gasteiger partial charge in [-0.1, -0.05) is 19.9 Å². The van der Waals surface area contributed by atoms with Gasteiger partial charge < -0.3 is 5.73 Å². The molecule has 0 heterocycles. The average Bonchev–Trinajstić information content (AvgIpc) is 1.98. The fraction of sp³-hybridized carbons (Fsp3) is 0.667. The summed E-state index contributed by atoms with van der Waals surface area (Å²) < 4.78 is 0. The van der Waals surface area contributed by atoms with E-state index in [-0.39, 0.29) is 0 Å². The maximum Gasteiger partial charge on any atom is 0.0573 e. The van der Waals surface area contributed by atoms with E-state index in [1.54, 1.807) is 7.05 Å². The Morgan fingerprint density at radius 3 is 2.36 bits per heavy atom. The molecular formula is C9H18N2. The Bertz CT molecular complexity index is 166. The Morgan fingerprint density at radius 1 is 1.55 bits per heavy atom. The number of allylic oxidation sites excluding steroid dienone is 2. The van der Waals surface area contributed by atoms with Crippen molar-refractivity contribution in [3.05, 3.63) is 11.8 Å². The number of nitrogens with zero attached hydrogens (tertiary/aromatic N) is 1. The van der Waals surface area contributed by atoms with E-state index in [0.29, 0.717) is 5.92 Å². The molecule has 2 nitrogen and oxygen atoms in total. The van der Waals surface area contributed by atoms with E-state index in [1.807, 2.05) is 13.0 Å². The minimum Gasteiger partial charge on any atom is -0.398 e. The lowest BCUT2D eigenvalue weighted by Crippen LogP contribution is -2.13. The highest BCUT2D eigenvalue weighted by molar-refractivity contribution is 5.99. The summed E-state index contributed by atoms with van der Waals surface area (Å²) >= 11 is 0. The van der Waals surface area contributed by atoms with Crippen LogP contribution in [0.2, 0.25) is 0 Å². The minimum atomic E-state index is 0.618. The van der Waals surface area contributed by atoms with Crippen molar-refractivity contribution in [3.8, 4) is 0 Å². The van der Waals surface area contributed by atoms with Gasteiger partial charge in [0.25, 0.3) is 0 Å². The van der Waals surface area contributed by atoms with E-state index in [9.17, 15) is 0 Å². The summed E-state index contributed by atoms with van der Waals surface area (Å²) in [6, 6.07) is 0. The smallest absolute Gasteiger partial charge is 0.0573 e.